The maximum atomic E-state index is 13.3. The highest BCUT2D eigenvalue weighted by atomic mass is 16.2. The summed E-state index contributed by atoms with van der Waals surface area (Å²) in [5.74, 6) is 3.08. The first-order chi connectivity index (χ1) is 14.9. The summed E-state index contributed by atoms with van der Waals surface area (Å²) in [6.45, 7) is 2.83. The van der Waals surface area contributed by atoms with Gasteiger partial charge in [-0.05, 0) is 92.4 Å². The van der Waals surface area contributed by atoms with E-state index >= 15 is 0 Å². The van der Waals surface area contributed by atoms with Crippen LogP contribution in [0.2, 0.25) is 0 Å². The maximum Gasteiger partial charge on any atom is 0.253 e. The third-order valence-electron chi connectivity index (χ3n) is 8.46. The Balaban J connectivity index is 1.19. The zero-order valence-electron chi connectivity index (χ0n) is 19.2. The largest absolute Gasteiger partial charge is 0.378 e. The molecule has 31 heavy (non-hydrogen) atoms. The fraction of sp³-hybridized carbons (Fsp3) is 0.692. The number of nitrogens with zero attached hydrogens (tertiary/aromatic N) is 3. The van der Waals surface area contributed by atoms with Gasteiger partial charge in [0.1, 0.15) is 0 Å². The van der Waals surface area contributed by atoms with Gasteiger partial charge in [0.2, 0.25) is 5.91 Å². The Bertz CT molecular complexity index is 796. The van der Waals surface area contributed by atoms with Gasteiger partial charge in [0.25, 0.3) is 5.91 Å². The number of benzene rings is 1. The maximum absolute atomic E-state index is 13.3. The molecule has 5 fully saturated rings. The monoisotopic (exact) mass is 423 g/mol. The molecule has 168 valence electrons. The molecule has 4 saturated carbocycles. The van der Waals surface area contributed by atoms with Crippen LogP contribution in [0, 0.1) is 23.2 Å². The molecule has 6 rings (SSSR count). The predicted molar refractivity (Wildman–Crippen MR) is 123 cm³/mol. The summed E-state index contributed by atoms with van der Waals surface area (Å²) in [5, 5.41) is 0. The van der Waals surface area contributed by atoms with Crippen LogP contribution in [0.15, 0.2) is 24.3 Å². The van der Waals surface area contributed by atoms with E-state index in [4.69, 9.17) is 0 Å². The molecule has 1 aliphatic heterocycles. The van der Waals surface area contributed by atoms with Gasteiger partial charge in [0.15, 0.2) is 0 Å². The molecule has 4 aliphatic carbocycles. The van der Waals surface area contributed by atoms with Crippen LogP contribution in [0.3, 0.4) is 0 Å². The Labute approximate surface area is 186 Å². The summed E-state index contributed by atoms with van der Waals surface area (Å²) in [5.41, 5.74) is 2.12. The second-order valence-corrected chi connectivity index (χ2v) is 11.1. The molecule has 0 N–H and O–H groups in total. The molecule has 1 saturated heterocycles. The van der Waals surface area contributed by atoms with Gasteiger partial charge >= 0.3 is 0 Å². The van der Waals surface area contributed by atoms with E-state index in [1.54, 1.807) is 0 Å². The van der Waals surface area contributed by atoms with Crippen LogP contribution in [0.1, 0.15) is 61.7 Å². The van der Waals surface area contributed by atoms with Gasteiger partial charge in [-0.15, -0.1) is 0 Å². The van der Waals surface area contributed by atoms with Crippen LogP contribution in [-0.4, -0.2) is 61.9 Å². The number of carbonyl (C=O) groups excluding carboxylic acids is 2. The molecule has 1 heterocycles. The lowest BCUT2D eigenvalue weighted by molar-refractivity contribution is -0.139. The molecule has 0 radical (unpaired) electrons. The minimum absolute atomic E-state index is 0.0840. The molecule has 0 spiro atoms. The predicted octanol–water partition coefficient (Wildman–Crippen LogP) is 4.03. The van der Waals surface area contributed by atoms with E-state index in [1.165, 1.54) is 38.5 Å². The van der Waals surface area contributed by atoms with Crippen molar-refractivity contribution in [1.82, 2.24) is 9.80 Å². The van der Waals surface area contributed by atoms with Gasteiger partial charge in [-0.25, -0.2) is 0 Å². The molecule has 5 nitrogen and oxygen atoms in total. The van der Waals surface area contributed by atoms with Crippen molar-refractivity contribution in [2.75, 3.05) is 45.2 Å². The molecule has 5 heteroatoms. The van der Waals surface area contributed by atoms with Crippen LogP contribution in [-0.2, 0) is 4.79 Å². The Morgan fingerprint density at radius 1 is 0.871 bits per heavy atom. The van der Waals surface area contributed by atoms with Crippen molar-refractivity contribution in [3.8, 4) is 0 Å². The summed E-state index contributed by atoms with van der Waals surface area (Å²) >= 11 is 0. The minimum atomic E-state index is 0.0840. The molecule has 1 aromatic rings. The van der Waals surface area contributed by atoms with E-state index < -0.39 is 0 Å². The van der Waals surface area contributed by atoms with Crippen LogP contribution >= 0.6 is 0 Å². The normalized spacial score (nSPS) is 32.1. The molecule has 2 amide bonds. The van der Waals surface area contributed by atoms with Gasteiger partial charge in [0.05, 0.1) is 0 Å². The van der Waals surface area contributed by atoms with Crippen molar-refractivity contribution < 1.29 is 9.59 Å². The lowest BCUT2D eigenvalue weighted by Gasteiger charge is -2.57. The van der Waals surface area contributed by atoms with Crippen molar-refractivity contribution in [3.05, 3.63) is 29.8 Å². The standard InChI is InChI=1S/C26H37N3O2/c1-27(2)23-6-4-22(5-7-23)25(31)29-9-3-8-28(10-11-29)24(30)18-26-15-19-12-20(16-26)14-21(13-19)17-26/h4-7,19-21H,3,8-18H2,1-2H3. The van der Waals surface area contributed by atoms with E-state index in [9.17, 15) is 9.59 Å². The third-order valence-corrected chi connectivity index (χ3v) is 8.46. The van der Waals surface area contributed by atoms with Gasteiger partial charge < -0.3 is 14.7 Å². The molecule has 1 aromatic carbocycles. The SMILES string of the molecule is CN(C)c1ccc(C(=O)N2CCCN(C(=O)CC34CC5CC(CC(C5)C3)C4)CC2)cc1. The zero-order chi connectivity index (χ0) is 21.6. The Morgan fingerprint density at radius 2 is 1.42 bits per heavy atom. The number of amides is 2. The number of carbonyl (C=O) groups is 2. The highest BCUT2D eigenvalue weighted by Gasteiger charge is 2.51. The fourth-order valence-electron chi connectivity index (χ4n) is 7.39. The van der Waals surface area contributed by atoms with Crippen LogP contribution < -0.4 is 4.90 Å². The number of hydrogen-bond donors (Lipinski definition) is 0. The Kier molecular flexibility index (Phi) is 5.47. The topological polar surface area (TPSA) is 43.9 Å². The smallest absolute Gasteiger partial charge is 0.253 e. The number of hydrogen-bond acceptors (Lipinski definition) is 3. The minimum Gasteiger partial charge on any atom is -0.378 e. The fourth-order valence-corrected chi connectivity index (χ4v) is 7.39. The number of anilines is 1. The number of rotatable bonds is 4. The Morgan fingerprint density at radius 3 is 2.00 bits per heavy atom. The van der Waals surface area contributed by atoms with Gasteiger partial charge in [0, 0.05) is 57.9 Å². The van der Waals surface area contributed by atoms with Crippen LogP contribution in [0.5, 0.6) is 0 Å². The summed E-state index contributed by atoms with van der Waals surface area (Å²) < 4.78 is 0. The van der Waals surface area contributed by atoms with Crippen LogP contribution in [0.4, 0.5) is 5.69 Å². The summed E-state index contributed by atoms with van der Waals surface area (Å²) in [6.07, 6.45) is 9.73. The van der Waals surface area contributed by atoms with Crippen LogP contribution in [0.25, 0.3) is 0 Å². The zero-order valence-corrected chi connectivity index (χ0v) is 19.2. The van der Waals surface area contributed by atoms with E-state index in [1.807, 2.05) is 48.2 Å². The second-order valence-electron chi connectivity index (χ2n) is 11.1. The van der Waals surface area contributed by atoms with Crippen molar-refractivity contribution >= 4 is 17.5 Å². The second kappa shape index (κ2) is 8.14. The highest BCUT2D eigenvalue weighted by Crippen LogP contribution is 2.61. The lowest BCUT2D eigenvalue weighted by Crippen LogP contribution is -2.48. The molecule has 4 bridgehead atoms. The first-order valence-corrected chi connectivity index (χ1v) is 12.3. The average Bonchev–Trinajstić information content (AvgIpc) is 2.98. The first-order valence-electron chi connectivity index (χ1n) is 12.3. The summed E-state index contributed by atoms with van der Waals surface area (Å²) in [4.78, 5) is 32.3. The van der Waals surface area contributed by atoms with Crippen molar-refractivity contribution in [1.29, 1.82) is 0 Å². The average molecular weight is 424 g/mol. The quantitative estimate of drug-likeness (QED) is 0.734. The third kappa shape index (κ3) is 4.20. The molecule has 0 atom stereocenters. The molecule has 0 aromatic heterocycles. The lowest BCUT2D eigenvalue weighted by atomic mass is 9.49. The molecular formula is C26H37N3O2. The van der Waals surface area contributed by atoms with E-state index in [-0.39, 0.29) is 5.91 Å². The summed E-state index contributed by atoms with van der Waals surface area (Å²) in [6, 6.07) is 7.82. The van der Waals surface area contributed by atoms with E-state index in [2.05, 4.69) is 4.90 Å². The highest BCUT2D eigenvalue weighted by molar-refractivity contribution is 5.94. The molecular weight excluding hydrogens is 386 g/mol. The van der Waals surface area contributed by atoms with E-state index in [0.29, 0.717) is 24.4 Å². The molecule has 0 unspecified atom stereocenters. The first kappa shape index (κ1) is 20.8. The summed E-state index contributed by atoms with van der Waals surface area (Å²) in [7, 11) is 4.00. The van der Waals surface area contributed by atoms with Gasteiger partial charge in [-0.3, -0.25) is 9.59 Å². The Hall–Kier alpha value is -2.04. The van der Waals surface area contributed by atoms with Gasteiger partial charge in [-0.1, -0.05) is 0 Å². The van der Waals surface area contributed by atoms with Gasteiger partial charge in [-0.2, -0.15) is 0 Å². The van der Waals surface area contributed by atoms with Crippen molar-refractivity contribution in [3.63, 3.8) is 0 Å². The van der Waals surface area contributed by atoms with E-state index in [0.717, 1.165) is 54.9 Å². The molecule has 5 aliphatic rings. The van der Waals surface area contributed by atoms with Crippen molar-refractivity contribution in [2.24, 2.45) is 23.2 Å². The van der Waals surface area contributed by atoms with Crippen molar-refractivity contribution in [2.45, 2.75) is 51.4 Å².